The second-order valence-corrected chi connectivity index (χ2v) is 6.51. The quantitative estimate of drug-likeness (QED) is 0.790. The Morgan fingerprint density at radius 2 is 1.57 bits per heavy atom. The molecule has 1 aromatic heterocycles. The molecule has 2 heterocycles. The maximum absolute atomic E-state index is 5.98. The minimum absolute atomic E-state index is 0.370. The summed E-state index contributed by atoms with van der Waals surface area (Å²) in [5.74, 6) is 0. The number of nitrogens with zero attached hydrogens (tertiary/aromatic N) is 3. The van der Waals surface area contributed by atoms with E-state index in [1.54, 1.807) is 4.68 Å². The van der Waals surface area contributed by atoms with Crippen molar-refractivity contribution in [1.29, 1.82) is 0 Å². The van der Waals surface area contributed by atoms with Crippen molar-refractivity contribution in [2.75, 3.05) is 0 Å². The van der Waals surface area contributed by atoms with E-state index in [-0.39, 0.29) is 11.2 Å². The van der Waals surface area contributed by atoms with Crippen molar-refractivity contribution < 1.29 is 9.31 Å². The fourth-order valence-corrected chi connectivity index (χ4v) is 2.17. The Hall–Kier alpha value is -1.66. The van der Waals surface area contributed by atoms with Gasteiger partial charge in [0.25, 0.3) is 0 Å². The average molecular weight is 285 g/mol. The van der Waals surface area contributed by atoms with Gasteiger partial charge in [-0.05, 0) is 46.8 Å². The Balaban J connectivity index is 1.85. The predicted molar refractivity (Wildman–Crippen MR) is 81.8 cm³/mol. The van der Waals surface area contributed by atoms with Gasteiger partial charge in [-0.1, -0.05) is 22.9 Å². The van der Waals surface area contributed by atoms with Crippen LogP contribution in [0.15, 0.2) is 30.5 Å². The molecule has 0 aliphatic carbocycles. The van der Waals surface area contributed by atoms with Crippen molar-refractivity contribution >= 4 is 12.7 Å². The van der Waals surface area contributed by atoms with Crippen molar-refractivity contribution in [1.82, 2.24) is 15.0 Å². The van der Waals surface area contributed by atoms with Crippen LogP contribution in [0, 0.1) is 6.92 Å². The van der Waals surface area contributed by atoms with Gasteiger partial charge in [0.2, 0.25) is 0 Å². The number of aryl methyl sites for hydroxylation is 1. The first-order valence-electron chi connectivity index (χ1n) is 7.13. The third kappa shape index (κ3) is 2.49. The molecule has 6 heteroatoms. The zero-order valence-corrected chi connectivity index (χ0v) is 13.1. The van der Waals surface area contributed by atoms with Crippen LogP contribution in [0.25, 0.3) is 5.69 Å². The summed E-state index contributed by atoms with van der Waals surface area (Å²) in [6, 6.07) is 8.12. The van der Waals surface area contributed by atoms with E-state index in [4.69, 9.17) is 9.31 Å². The lowest BCUT2D eigenvalue weighted by molar-refractivity contribution is 0.00578. The predicted octanol–water partition coefficient (Wildman–Crippen LogP) is 1.87. The van der Waals surface area contributed by atoms with Crippen molar-refractivity contribution in [3.05, 3.63) is 36.0 Å². The summed E-state index contributed by atoms with van der Waals surface area (Å²) in [4.78, 5) is 0. The lowest BCUT2D eigenvalue weighted by atomic mass is 9.86. The largest absolute Gasteiger partial charge is 0.518 e. The standard InChI is InChI=1S/C15H20BN3O2/c1-11-6-8-12(9-7-11)19-10-13(17-18-19)16-20-14(2,3)15(4,5)21-16/h6-10H,1-5H3. The molecule has 1 saturated heterocycles. The Morgan fingerprint density at radius 1 is 1.00 bits per heavy atom. The molecule has 1 aliphatic heterocycles. The Kier molecular flexibility index (Phi) is 3.18. The van der Waals surface area contributed by atoms with Crippen LogP contribution in [0.2, 0.25) is 0 Å². The van der Waals surface area contributed by atoms with E-state index in [9.17, 15) is 0 Å². The molecule has 5 nitrogen and oxygen atoms in total. The number of benzene rings is 1. The first kappa shape index (κ1) is 14.3. The van der Waals surface area contributed by atoms with E-state index in [1.807, 2.05) is 58.2 Å². The van der Waals surface area contributed by atoms with Crippen LogP contribution in [0.1, 0.15) is 33.3 Å². The highest BCUT2D eigenvalue weighted by molar-refractivity contribution is 6.61. The summed E-state index contributed by atoms with van der Waals surface area (Å²) >= 11 is 0. The average Bonchev–Trinajstić information content (AvgIpc) is 2.94. The topological polar surface area (TPSA) is 49.2 Å². The number of rotatable bonds is 2. The Labute approximate surface area is 125 Å². The number of aromatic nitrogens is 3. The van der Waals surface area contributed by atoms with Gasteiger partial charge in [0.05, 0.1) is 23.1 Å². The molecule has 0 N–H and O–H groups in total. The molecular formula is C15H20BN3O2. The second kappa shape index (κ2) is 4.68. The van der Waals surface area contributed by atoms with E-state index < -0.39 is 7.12 Å². The molecule has 2 aromatic rings. The second-order valence-electron chi connectivity index (χ2n) is 6.51. The zero-order valence-electron chi connectivity index (χ0n) is 13.1. The maximum Gasteiger partial charge on any atom is 0.518 e. The zero-order chi connectivity index (χ0) is 15.3. The van der Waals surface area contributed by atoms with Crippen LogP contribution >= 0.6 is 0 Å². The fourth-order valence-electron chi connectivity index (χ4n) is 2.17. The van der Waals surface area contributed by atoms with Gasteiger partial charge < -0.3 is 9.31 Å². The summed E-state index contributed by atoms with van der Waals surface area (Å²) < 4.78 is 13.7. The van der Waals surface area contributed by atoms with E-state index in [0.717, 1.165) is 5.69 Å². The van der Waals surface area contributed by atoms with Gasteiger partial charge in [-0.3, -0.25) is 0 Å². The SMILES string of the molecule is Cc1ccc(-n2cc(B3OC(C)(C)C(C)(C)O3)nn2)cc1. The minimum Gasteiger partial charge on any atom is -0.398 e. The molecule has 0 unspecified atom stereocenters. The van der Waals surface area contributed by atoms with Gasteiger partial charge in [0.15, 0.2) is 0 Å². The Bertz CT molecular complexity index is 633. The van der Waals surface area contributed by atoms with Gasteiger partial charge in [-0.2, -0.15) is 0 Å². The van der Waals surface area contributed by atoms with Crippen LogP contribution in [0.4, 0.5) is 0 Å². The van der Waals surface area contributed by atoms with Crippen molar-refractivity contribution in [2.45, 2.75) is 45.8 Å². The van der Waals surface area contributed by atoms with Gasteiger partial charge in [0.1, 0.15) is 5.59 Å². The monoisotopic (exact) mass is 285 g/mol. The maximum atomic E-state index is 5.98. The molecule has 110 valence electrons. The van der Waals surface area contributed by atoms with Gasteiger partial charge in [-0.15, -0.1) is 5.10 Å². The minimum atomic E-state index is -0.478. The summed E-state index contributed by atoms with van der Waals surface area (Å²) in [6.07, 6.45) is 1.85. The van der Waals surface area contributed by atoms with Gasteiger partial charge in [0, 0.05) is 0 Å². The van der Waals surface area contributed by atoms with Crippen LogP contribution in [-0.2, 0) is 9.31 Å². The highest BCUT2D eigenvalue weighted by atomic mass is 16.7. The summed E-state index contributed by atoms with van der Waals surface area (Å²) in [7, 11) is -0.478. The normalized spacial score (nSPS) is 20.0. The molecule has 0 amide bonds. The molecule has 1 aromatic carbocycles. The van der Waals surface area contributed by atoms with Gasteiger partial charge in [-0.25, -0.2) is 4.68 Å². The lowest BCUT2D eigenvalue weighted by Gasteiger charge is -2.32. The highest BCUT2D eigenvalue weighted by Crippen LogP contribution is 2.36. The molecule has 0 saturated carbocycles. The molecule has 0 atom stereocenters. The molecule has 1 fully saturated rings. The van der Waals surface area contributed by atoms with Crippen molar-refractivity contribution in [3.63, 3.8) is 0 Å². The molecule has 0 radical (unpaired) electrons. The van der Waals surface area contributed by atoms with E-state index in [2.05, 4.69) is 17.2 Å². The summed E-state index contributed by atoms with van der Waals surface area (Å²) in [5.41, 5.74) is 2.13. The molecule has 3 rings (SSSR count). The van der Waals surface area contributed by atoms with Crippen LogP contribution in [-0.4, -0.2) is 33.3 Å². The molecular weight excluding hydrogens is 265 g/mol. The third-order valence-corrected chi connectivity index (χ3v) is 4.30. The van der Waals surface area contributed by atoms with Gasteiger partial charge >= 0.3 is 7.12 Å². The van der Waals surface area contributed by atoms with Crippen molar-refractivity contribution in [3.8, 4) is 5.69 Å². The third-order valence-electron chi connectivity index (χ3n) is 4.30. The first-order valence-corrected chi connectivity index (χ1v) is 7.13. The summed E-state index contributed by atoms with van der Waals surface area (Å²) in [5, 5.41) is 8.35. The van der Waals surface area contributed by atoms with Crippen molar-refractivity contribution in [2.24, 2.45) is 0 Å². The first-order chi connectivity index (χ1) is 9.78. The fraction of sp³-hybridized carbons (Fsp3) is 0.467. The van der Waals surface area contributed by atoms with Crippen LogP contribution < -0.4 is 5.59 Å². The molecule has 0 bridgehead atoms. The smallest absolute Gasteiger partial charge is 0.398 e. The van der Waals surface area contributed by atoms with Crippen LogP contribution in [0.3, 0.4) is 0 Å². The van der Waals surface area contributed by atoms with E-state index in [0.29, 0.717) is 5.59 Å². The van der Waals surface area contributed by atoms with E-state index >= 15 is 0 Å². The summed E-state index contributed by atoms with van der Waals surface area (Å²) in [6.45, 7) is 10.2. The molecule has 21 heavy (non-hydrogen) atoms. The Morgan fingerprint density at radius 3 is 2.14 bits per heavy atom. The molecule has 1 aliphatic rings. The molecule has 0 spiro atoms. The number of hydrogen-bond acceptors (Lipinski definition) is 4. The highest BCUT2D eigenvalue weighted by Gasteiger charge is 2.52. The van der Waals surface area contributed by atoms with E-state index in [1.165, 1.54) is 5.56 Å². The number of hydrogen-bond donors (Lipinski definition) is 0. The lowest BCUT2D eigenvalue weighted by Crippen LogP contribution is -2.41. The van der Waals surface area contributed by atoms with Crippen LogP contribution in [0.5, 0.6) is 0 Å².